The molecule has 0 aromatic heterocycles. The number of rotatable bonds is 2. The number of methoxy groups -OCH3 is 2. The minimum Gasteiger partial charge on any atom is -0.493 e. The first-order chi connectivity index (χ1) is 6.90. The average Bonchev–Trinajstić information content (AvgIpc) is 2.15. The number of halogens is 3. The van der Waals surface area contributed by atoms with Gasteiger partial charge in [-0.1, -0.05) is 0 Å². The summed E-state index contributed by atoms with van der Waals surface area (Å²) in [6.07, 6.45) is -4.37. The zero-order valence-corrected chi connectivity index (χ0v) is 8.61. The monoisotopic (exact) mass is 220 g/mol. The van der Waals surface area contributed by atoms with Gasteiger partial charge in [-0.2, -0.15) is 13.2 Å². The first kappa shape index (κ1) is 11.7. The van der Waals surface area contributed by atoms with E-state index in [1.165, 1.54) is 27.2 Å². The molecule has 0 saturated heterocycles. The van der Waals surface area contributed by atoms with Crippen LogP contribution in [-0.4, -0.2) is 14.2 Å². The van der Waals surface area contributed by atoms with Crippen LogP contribution in [0.1, 0.15) is 11.1 Å². The Bertz CT molecular complexity index is 358. The van der Waals surface area contributed by atoms with Crippen molar-refractivity contribution in [3.63, 3.8) is 0 Å². The van der Waals surface area contributed by atoms with Gasteiger partial charge < -0.3 is 9.47 Å². The molecule has 1 aromatic rings. The van der Waals surface area contributed by atoms with Gasteiger partial charge in [0.25, 0.3) is 0 Å². The molecule has 15 heavy (non-hydrogen) atoms. The molecule has 0 fully saturated rings. The van der Waals surface area contributed by atoms with Crippen LogP contribution in [0.4, 0.5) is 13.2 Å². The Morgan fingerprint density at radius 3 is 1.87 bits per heavy atom. The van der Waals surface area contributed by atoms with Gasteiger partial charge in [0.2, 0.25) is 0 Å². The second kappa shape index (κ2) is 4.00. The van der Waals surface area contributed by atoms with E-state index < -0.39 is 11.7 Å². The first-order valence-electron chi connectivity index (χ1n) is 4.20. The minimum absolute atomic E-state index is 0.0791. The summed E-state index contributed by atoms with van der Waals surface area (Å²) in [5, 5.41) is 0. The molecule has 0 saturated carbocycles. The van der Waals surface area contributed by atoms with E-state index >= 15 is 0 Å². The lowest BCUT2D eigenvalue weighted by Crippen LogP contribution is -2.08. The molecule has 0 N–H and O–H groups in total. The highest BCUT2D eigenvalue weighted by atomic mass is 19.4. The number of aryl methyl sites for hydroxylation is 1. The predicted octanol–water partition coefficient (Wildman–Crippen LogP) is 3.03. The van der Waals surface area contributed by atoms with E-state index in [-0.39, 0.29) is 11.3 Å². The van der Waals surface area contributed by atoms with Gasteiger partial charge >= 0.3 is 6.18 Å². The minimum atomic E-state index is -4.37. The Morgan fingerprint density at radius 2 is 1.47 bits per heavy atom. The first-order valence-corrected chi connectivity index (χ1v) is 4.20. The molecule has 1 rings (SSSR count). The molecule has 0 atom stereocenters. The Labute approximate surface area is 85.6 Å². The molecular formula is C10H11F3O2. The van der Waals surface area contributed by atoms with Crippen LogP contribution in [0.5, 0.6) is 11.5 Å². The molecule has 0 spiro atoms. The van der Waals surface area contributed by atoms with Crippen molar-refractivity contribution in [2.24, 2.45) is 0 Å². The fourth-order valence-corrected chi connectivity index (χ4v) is 1.29. The maximum absolute atomic E-state index is 12.5. The highest BCUT2D eigenvalue weighted by Crippen LogP contribution is 2.38. The van der Waals surface area contributed by atoms with Gasteiger partial charge in [-0.05, 0) is 24.6 Å². The van der Waals surface area contributed by atoms with Crippen LogP contribution in [-0.2, 0) is 6.18 Å². The van der Waals surface area contributed by atoms with Gasteiger partial charge in [0.15, 0.2) is 11.5 Å². The molecule has 0 aliphatic rings. The third-order valence-corrected chi connectivity index (χ3v) is 2.04. The van der Waals surface area contributed by atoms with Crippen LogP contribution in [0.2, 0.25) is 0 Å². The van der Waals surface area contributed by atoms with Crippen molar-refractivity contribution in [1.82, 2.24) is 0 Å². The second-order valence-electron chi connectivity index (χ2n) is 3.02. The van der Waals surface area contributed by atoms with E-state index in [1.54, 1.807) is 0 Å². The normalized spacial score (nSPS) is 11.3. The Balaban J connectivity index is 3.32. The van der Waals surface area contributed by atoms with Crippen molar-refractivity contribution >= 4 is 0 Å². The van der Waals surface area contributed by atoms with Crippen LogP contribution in [0.3, 0.4) is 0 Å². The number of ether oxygens (including phenoxy) is 2. The van der Waals surface area contributed by atoms with Gasteiger partial charge in [0, 0.05) is 0 Å². The maximum atomic E-state index is 12.5. The summed E-state index contributed by atoms with van der Waals surface area (Å²) in [4.78, 5) is 0. The average molecular weight is 220 g/mol. The Kier molecular flexibility index (Phi) is 3.12. The van der Waals surface area contributed by atoms with Crippen molar-refractivity contribution in [2.75, 3.05) is 14.2 Å². The van der Waals surface area contributed by atoms with Crippen LogP contribution >= 0.6 is 0 Å². The van der Waals surface area contributed by atoms with Crippen molar-refractivity contribution in [3.05, 3.63) is 23.3 Å². The van der Waals surface area contributed by atoms with E-state index in [1.807, 2.05) is 0 Å². The fourth-order valence-electron chi connectivity index (χ4n) is 1.29. The summed E-state index contributed by atoms with van der Waals surface area (Å²) in [6.45, 7) is 1.38. The Morgan fingerprint density at radius 1 is 1.00 bits per heavy atom. The Hall–Kier alpha value is -1.39. The van der Waals surface area contributed by atoms with Crippen LogP contribution in [0.25, 0.3) is 0 Å². The second-order valence-corrected chi connectivity index (χ2v) is 3.02. The van der Waals surface area contributed by atoms with Gasteiger partial charge in [-0.15, -0.1) is 0 Å². The molecule has 0 radical (unpaired) electrons. The van der Waals surface area contributed by atoms with Crippen molar-refractivity contribution in [3.8, 4) is 11.5 Å². The summed E-state index contributed by atoms with van der Waals surface area (Å²) in [5.41, 5.74) is -0.597. The molecule has 84 valence electrons. The van der Waals surface area contributed by atoms with Gasteiger partial charge in [-0.25, -0.2) is 0 Å². The topological polar surface area (TPSA) is 18.5 Å². The fraction of sp³-hybridized carbons (Fsp3) is 0.400. The summed E-state index contributed by atoms with van der Waals surface area (Å²) in [6, 6.07) is 2.25. The molecule has 0 amide bonds. The standard InChI is InChI=1S/C10H11F3O2/c1-6-4-8(14-2)9(15-3)5-7(6)10(11,12)13/h4-5H,1-3H3. The lowest BCUT2D eigenvalue weighted by atomic mass is 10.1. The highest BCUT2D eigenvalue weighted by molar-refractivity contribution is 5.47. The smallest absolute Gasteiger partial charge is 0.416 e. The number of benzene rings is 1. The predicted molar refractivity (Wildman–Crippen MR) is 49.3 cm³/mol. The van der Waals surface area contributed by atoms with Crippen molar-refractivity contribution < 1.29 is 22.6 Å². The van der Waals surface area contributed by atoms with Gasteiger partial charge in [-0.3, -0.25) is 0 Å². The van der Waals surface area contributed by atoms with E-state index in [0.29, 0.717) is 5.75 Å². The quantitative estimate of drug-likeness (QED) is 0.762. The molecule has 1 aromatic carbocycles. The number of hydrogen-bond acceptors (Lipinski definition) is 2. The molecule has 0 aliphatic heterocycles. The van der Waals surface area contributed by atoms with E-state index in [2.05, 4.69) is 0 Å². The summed E-state index contributed by atoms with van der Waals surface area (Å²) < 4.78 is 47.2. The zero-order valence-electron chi connectivity index (χ0n) is 8.61. The molecule has 0 bridgehead atoms. The molecular weight excluding hydrogens is 209 g/mol. The number of hydrogen-bond donors (Lipinski definition) is 0. The third-order valence-electron chi connectivity index (χ3n) is 2.04. The largest absolute Gasteiger partial charge is 0.493 e. The van der Waals surface area contributed by atoms with E-state index in [4.69, 9.17) is 9.47 Å². The zero-order chi connectivity index (χ0) is 11.6. The van der Waals surface area contributed by atoms with Crippen molar-refractivity contribution in [1.29, 1.82) is 0 Å². The van der Waals surface area contributed by atoms with Crippen molar-refractivity contribution in [2.45, 2.75) is 13.1 Å². The van der Waals surface area contributed by atoms with E-state index in [0.717, 1.165) is 6.07 Å². The lowest BCUT2D eigenvalue weighted by molar-refractivity contribution is -0.138. The molecule has 0 unspecified atom stereocenters. The van der Waals surface area contributed by atoms with Crippen LogP contribution in [0.15, 0.2) is 12.1 Å². The summed E-state index contributed by atoms with van der Waals surface area (Å²) in [5.74, 6) is 0.374. The molecule has 2 nitrogen and oxygen atoms in total. The van der Waals surface area contributed by atoms with Gasteiger partial charge in [0.1, 0.15) is 0 Å². The van der Waals surface area contributed by atoms with Gasteiger partial charge in [0.05, 0.1) is 19.8 Å². The third kappa shape index (κ3) is 2.34. The highest BCUT2D eigenvalue weighted by Gasteiger charge is 2.33. The van der Waals surface area contributed by atoms with Crippen LogP contribution in [0, 0.1) is 6.92 Å². The summed E-state index contributed by atoms with van der Waals surface area (Å²) in [7, 11) is 2.68. The molecule has 0 aliphatic carbocycles. The lowest BCUT2D eigenvalue weighted by Gasteiger charge is -2.14. The van der Waals surface area contributed by atoms with E-state index in [9.17, 15) is 13.2 Å². The summed E-state index contributed by atoms with van der Waals surface area (Å²) >= 11 is 0. The number of alkyl halides is 3. The maximum Gasteiger partial charge on any atom is 0.416 e. The molecule has 0 heterocycles. The van der Waals surface area contributed by atoms with Crippen LogP contribution < -0.4 is 9.47 Å². The molecule has 5 heteroatoms. The SMILES string of the molecule is COc1cc(C)c(C(F)(F)F)cc1OC.